The van der Waals surface area contributed by atoms with Crippen molar-refractivity contribution in [2.45, 2.75) is 33.2 Å². The van der Waals surface area contributed by atoms with Gasteiger partial charge in [0.1, 0.15) is 0 Å². The monoisotopic (exact) mass is 306 g/mol. The summed E-state index contributed by atoms with van der Waals surface area (Å²) in [4.78, 5) is 18.1. The summed E-state index contributed by atoms with van der Waals surface area (Å²) in [5.74, 6) is 1.48. The number of nitrogens with zero attached hydrogens (tertiary/aromatic N) is 3. The molecule has 0 aromatic carbocycles. The van der Waals surface area contributed by atoms with Crippen LogP contribution in [0.1, 0.15) is 32.6 Å². The topological polar surface area (TPSA) is 84.4 Å². The number of carbonyl (C=O) groups is 1. The van der Waals surface area contributed by atoms with E-state index >= 15 is 0 Å². The molecule has 0 fully saturated rings. The van der Waals surface area contributed by atoms with E-state index in [2.05, 4.69) is 22.4 Å². The molecule has 1 amide bonds. The average Bonchev–Trinajstić information content (AvgIpc) is 3.16. The highest BCUT2D eigenvalue weighted by atomic mass is 16.5. The highest BCUT2D eigenvalue weighted by Gasteiger charge is 2.16. The molecule has 2 heterocycles. The molecule has 120 valence electrons. The molecule has 22 heavy (non-hydrogen) atoms. The fraction of sp³-hybridized carbons (Fsp3) is 0.533. The zero-order chi connectivity index (χ0) is 15.8. The summed E-state index contributed by atoms with van der Waals surface area (Å²) in [6.07, 6.45) is 3.43. The molecule has 1 N–H and O–H groups in total. The predicted molar refractivity (Wildman–Crippen MR) is 80.9 cm³/mol. The van der Waals surface area contributed by atoms with E-state index in [4.69, 9.17) is 8.94 Å². The number of aromatic nitrogens is 2. The van der Waals surface area contributed by atoms with Crippen molar-refractivity contribution in [3.05, 3.63) is 24.3 Å². The van der Waals surface area contributed by atoms with Crippen molar-refractivity contribution >= 4 is 5.91 Å². The molecule has 0 saturated carbocycles. The SMILES string of the molecule is CCCNC(=O)CN(CCC)Cc1nc(-c2ccco2)no1. The third kappa shape index (κ3) is 4.70. The Morgan fingerprint density at radius 1 is 1.36 bits per heavy atom. The summed E-state index contributed by atoms with van der Waals surface area (Å²) in [6, 6.07) is 3.55. The van der Waals surface area contributed by atoms with Crippen molar-refractivity contribution in [3.63, 3.8) is 0 Å². The van der Waals surface area contributed by atoms with Gasteiger partial charge in [0.05, 0.1) is 19.4 Å². The molecule has 0 saturated heterocycles. The Kier molecular flexibility index (Phi) is 6.14. The summed E-state index contributed by atoms with van der Waals surface area (Å²) < 4.78 is 10.5. The van der Waals surface area contributed by atoms with Crippen molar-refractivity contribution in [1.82, 2.24) is 20.4 Å². The van der Waals surface area contributed by atoms with Crippen molar-refractivity contribution in [2.24, 2.45) is 0 Å². The number of hydrogen-bond acceptors (Lipinski definition) is 6. The second kappa shape index (κ2) is 8.33. The number of amides is 1. The first-order chi connectivity index (χ1) is 10.7. The van der Waals surface area contributed by atoms with E-state index in [1.807, 2.05) is 11.8 Å². The molecule has 2 aromatic rings. The van der Waals surface area contributed by atoms with E-state index in [0.717, 1.165) is 19.4 Å². The summed E-state index contributed by atoms with van der Waals surface area (Å²) in [5.41, 5.74) is 0. The molecule has 0 atom stereocenters. The first kappa shape index (κ1) is 16.2. The van der Waals surface area contributed by atoms with Crippen LogP contribution in [0.4, 0.5) is 0 Å². The van der Waals surface area contributed by atoms with Gasteiger partial charge >= 0.3 is 0 Å². The summed E-state index contributed by atoms with van der Waals surface area (Å²) in [7, 11) is 0. The van der Waals surface area contributed by atoms with Gasteiger partial charge in [0.2, 0.25) is 17.6 Å². The zero-order valence-electron chi connectivity index (χ0n) is 13.0. The number of carbonyl (C=O) groups excluding carboxylic acids is 1. The molecule has 0 unspecified atom stereocenters. The van der Waals surface area contributed by atoms with Crippen LogP contribution in [0.3, 0.4) is 0 Å². The van der Waals surface area contributed by atoms with Crippen LogP contribution in [0.2, 0.25) is 0 Å². The van der Waals surface area contributed by atoms with Crippen LogP contribution in [-0.2, 0) is 11.3 Å². The second-order valence-electron chi connectivity index (χ2n) is 5.05. The van der Waals surface area contributed by atoms with Gasteiger partial charge in [-0.15, -0.1) is 0 Å². The van der Waals surface area contributed by atoms with Gasteiger partial charge in [0.25, 0.3) is 0 Å². The van der Waals surface area contributed by atoms with E-state index in [9.17, 15) is 4.79 Å². The summed E-state index contributed by atoms with van der Waals surface area (Å²) in [6.45, 7) is 6.35. The molecule has 0 spiro atoms. The van der Waals surface area contributed by atoms with E-state index in [0.29, 0.717) is 37.1 Å². The average molecular weight is 306 g/mol. The Labute approximate surface area is 129 Å². The van der Waals surface area contributed by atoms with E-state index in [1.54, 1.807) is 18.4 Å². The lowest BCUT2D eigenvalue weighted by molar-refractivity contribution is -0.122. The molecule has 0 aliphatic heterocycles. The van der Waals surface area contributed by atoms with Crippen molar-refractivity contribution in [1.29, 1.82) is 0 Å². The third-order valence-electron chi connectivity index (χ3n) is 3.05. The third-order valence-corrected chi connectivity index (χ3v) is 3.05. The Bertz CT molecular complexity index is 565. The van der Waals surface area contributed by atoms with Gasteiger partial charge in [-0.1, -0.05) is 19.0 Å². The maximum atomic E-state index is 11.8. The van der Waals surface area contributed by atoms with Crippen LogP contribution in [0, 0.1) is 0 Å². The van der Waals surface area contributed by atoms with Crippen molar-refractivity contribution in [3.8, 4) is 11.6 Å². The molecule has 0 aliphatic carbocycles. The van der Waals surface area contributed by atoms with E-state index in [1.165, 1.54) is 0 Å². The predicted octanol–water partition coefficient (Wildman–Crippen LogP) is 2.07. The smallest absolute Gasteiger partial charge is 0.241 e. The van der Waals surface area contributed by atoms with Crippen LogP contribution in [0.15, 0.2) is 27.3 Å². The first-order valence-electron chi connectivity index (χ1n) is 7.58. The minimum atomic E-state index is 0.0149. The van der Waals surface area contributed by atoms with Crippen LogP contribution >= 0.6 is 0 Å². The van der Waals surface area contributed by atoms with Crippen LogP contribution in [0.25, 0.3) is 11.6 Å². The molecule has 7 nitrogen and oxygen atoms in total. The van der Waals surface area contributed by atoms with Gasteiger partial charge in [-0.25, -0.2) is 0 Å². The van der Waals surface area contributed by atoms with E-state index in [-0.39, 0.29) is 5.91 Å². The highest BCUT2D eigenvalue weighted by molar-refractivity contribution is 5.77. The second-order valence-corrected chi connectivity index (χ2v) is 5.05. The Hall–Kier alpha value is -2.15. The molecular weight excluding hydrogens is 284 g/mol. The number of nitrogens with one attached hydrogen (secondary N) is 1. The number of hydrogen-bond donors (Lipinski definition) is 1. The van der Waals surface area contributed by atoms with Crippen LogP contribution in [0.5, 0.6) is 0 Å². The quantitative estimate of drug-likeness (QED) is 0.763. The molecule has 0 radical (unpaired) electrons. The molecule has 2 rings (SSSR count). The lowest BCUT2D eigenvalue weighted by atomic mass is 10.3. The van der Waals surface area contributed by atoms with Gasteiger partial charge in [0, 0.05) is 6.54 Å². The number of furan rings is 1. The van der Waals surface area contributed by atoms with Gasteiger partial charge in [-0.2, -0.15) is 4.98 Å². The maximum Gasteiger partial charge on any atom is 0.241 e. The van der Waals surface area contributed by atoms with Gasteiger partial charge in [-0.05, 0) is 31.5 Å². The van der Waals surface area contributed by atoms with Crippen molar-refractivity contribution < 1.29 is 13.7 Å². The van der Waals surface area contributed by atoms with Gasteiger partial charge < -0.3 is 14.3 Å². The molecule has 7 heteroatoms. The van der Waals surface area contributed by atoms with Gasteiger partial charge in [0.15, 0.2) is 5.76 Å². The fourth-order valence-corrected chi connectivity index (χ4v) is 2.07. The van der Waals surface area contributed by atoms with Crippen molar-refractivity contribution in [2.75, 3.05) is 19.6 Å². The maximum absolute atomic E-state index is 11.8. The Balaban J connectivity index is 1.94. The van der Waals surface area contributed by atoms with Gasteiger partial charge in [-0.3, -0.25) is 9.69 Å². The Morgan fingerprint density at radius 3 is 2.91 bits per heavy atom. The summed E-state index contributed by atoms with van der Waals surface area (Å²) in [5, 5.41) is 6.77. The normalized spacial score (nSPS) is 11.0. The molecular formula is C15H22N4O3. The minimum absolute atomic E-state index is 0.0149. The lowest BCUT2D eigenvalue weighted by Crippen LogP contribution is -2.37. The van der Waals surface area contributed by atoms with E-state index < -0.39 is 0 Å². The standard InChI is InChI=1S/C15H22N4O3/c1-3-7-16-13(20)10-19(8-4-2)11-14-17-15(18-22-14)12-6-5-9-21-12/h5-6,9H,3-4,7-8,10-11H2,1-2H3,(H,16,20). The van der Waals surface area contributed by atoms with Crippen LogP contribution in [-0.4, -0.2) is 40.6 Å². The fourth-order valence-electron chi connectivity index (χ4n) is 2.07. The first-order valence-corrected chi connectivity index (χ1v) is 7.58. The zero-order valence-corrected chi connectivity index (χ0v) is 13.0. The number of rotatable bonds is 9. The largest absolute Gasteiger partial charge is 0.461 e. The minimum Gasteiger partial charge on any atom is -0.461 e. The molecule has 2 aromatic heterocycles. The van der Waals surface area contributed by atoms with Crippen LogP contribution < -0.4 is 5.32 Å². The summed E-state index contributed by atoms with van der Waals surface area (Å²) >= 11 is 0. The Morgan fingerprint density at radius 2 is 2.23 bits per heavy atom. The molecule has 0 aliphatic rings. The lowest BCUT2D eigenvalue weighted by Gasteiger charge is -2.18. The molecule has 0 bridgehead atoms. The highest BCUT2D eigenvalue weighted by Crippen LogP contribution is 2.16.